The van der Waals surface area contributed by atoms with Crippen LogP contribution in [0.25, 0.3) is 0 Å². The smallest absolute Gasteiger partial charge is 0.167 e. The fraction of sp³-hybridized carbons (Fsp3) is 0.300. The third-order valence-electron chi connectivity index (χ3n) is 2.38. The Kier molecular flexibility index (Phi) is 2.20. The van der Waals surface area contributed by atoms with Crippen molar-refractivity contribution in [1.29, 1.82) is 0 Å². The van der Waals surface area contributed by atoms with Crippen molar-refractivity contribution in [1.82, 2.24) is 4.98 Å². The molecule has 0 fully saturated rings. The van der Waals surface area contributed by atoms with E-state index in [0.717, 1.165) is 28.4 Å². The number of pyridine rings is 1. The monoisotopic (exact) mass is 238 g/mol. The lowest BCUT2D eigenvalue weighted by atomic mass is 9.85. The van der Waals surface area contributed by atoms with E-state index >= 15 is 0 Å². The maximum absolute atomic E-state index is 11.6. The molecule has 1 aromatic rings. The lowest BCUT2D eigenvalue weighted by Gasteiger charge is -2.20. The van der Waals surface area contributed by atoms with Gasteiger partial charge in [-0.15, -0.1) is 0 Å². The predicted octanol–water partition coefficient (Wildman–Crippen LogP) is 2.42. The fourth-order valence-electron chi connectivity index (χ4n) is 1.60. The number of ketones is 1. The summed E-state index contributed by atoms with van der Waals surface area (Å²) in [7, 11) is 0. The van der Waals surface area contributed by atoms with Gasteiger partial charge < -0.3 is 0 Å². The summed E-state index contributed by atoms with van der Waals surface area (Å²) in [5.74, 6) is 0.0265. The summed E-state index contributed by atoms with van der Waals surface area (Å²) in [6.45, 7) is 3.81. The van der Waals surface area contributed by atoms with E-state index in [1.807, 2.05) is 0 Å². The summed E-state index contributed by atoms with van der Waals surface area (Å²) < 4.78 is 0.935. The van der Waals surface area contributed by atoms with E-state index in [0.29, 0.717) is 0 Å². The van der Waals surface area contributed by atoms with Crippen molar-refractivity contribution in [2.45, 2.75) is 12.8 Å². The van der Waals surface area contributed by atoms with Crippen LogP contribution in [0.2, 0.25) is 0 Å². The van der Waals surface area contributed by atoms with Crippen molar-refractivity contribution < 1.29 is 4.79 Å². The number of carbonyl (C=O) groups excluding carboxylic acids is 1. The van der Waals surface area contributed by atoms with Crippen LogP contribution in [-0.4, -0.2) is 10.8 Å². The zero-order chi connectivity index (χ0) is 9.42. The number of nitrogens with zero attached hydrogens (tertiary/aromatic N) is 1. The SMILES string of the molecule is [CH2]C1CCc2c(Br)cncc2C1=O. The Balaban J connectivity index is 2.55. The molecule has 1 aliphatic rings. The Morgan fingerprint density at radius 1 is 1.54 bits per heavy atom. The molecule has 13 heavy (non-hydrogen) atoms. The van der Waals surface area contributed by atoms with Gasteiger partial charge in [0.25, 0.3) is 0 Å². The third-order valence-corrected chi connectivity index (χ3v) is 3.07. The molecule has 0 bridgehead atoms. The predicted molar refractivity (Wildman–Crippen MR) is 53.4 cm³/mol. The van der Waals surface area contributed by atoms with E-state index in [4.69, 9.17) is 0 Å². The lowest BCUT2D eigenvalue weighted by Crippen LogP contribution is -2.20. The zero-order valence-corrected chi connectivity index (χ0v) is 8.67. The molecular formula is C10H9BrNO. The first-order valence-electron chi connectivity index (χ1n) is 4.20. The Morgan fingerprint density at radius 2 is 2.31 bits per heavy atom. The van der Waals surface area contributed by atoms with Crippen LogP contribution in [0.1, 0.15) is 22.3 Å². The number of rotatable bonds is 0. The van der Waals surface area contributed by atoms with Gasteiger partial charge in [-0.05, 0) is 41.3 Å². The van der Waals surface area contributed by atoms with Gasteiger partial charge in [0.2, 0.25) is 0 Å². The number of aromatic nitrogens is 1. The van der Waals surface area contributed by atoms with Crippen LogP contribution in [0.3, 0.4) is 0 Å². The molecule has 0 spiro atoms. The van der Waals surface area contributed by atoms with Gasteiger partial charge >= 0.3 is 0 Å². The summed E-state index contributed by atoms with van der Waals surface area (Å²) in [6, 6.07) is 0. The van der Waals surface area contributed by atoms with Crippen LogP contribution in [0.15, 0.2) is 16.9 Å². The molecule has 0 saturated heterocycles. The normalized spacial score (nSPS) is 21.4. The molecule has 1 aliphatic carbocycles. The second kappa shape index (κ2) is 3.22. The summed E-state index contributed by atoms with van der Waals surface area (Å²) in [5.41, 5.74) is 1.82. The first kappa shape index (κ1) is 8.88. The van der Waals surface area contributed by atoms with Crippen LogP contribution in [-0.2, 0) is 6.42 Å². The highest BCUT2D eigenvalue weighted by atomic mass is 79.9. The minimum Gasteiger partial charge on any atom is -0.294 e. The maximum Gasteiger partial charge on any atom is 0.167 e. The molecule has 0 amide bonds. The van der Waals surface area contributed by atoms with Gasteiger partial charge in [-0.1, -0.05) is 0 Å². The highest BCUT2D eigenvalue weighted by Crippen LogP contribution is 2.29. The van der Waals surface area contributed by atoms with Gasteiger partial charge in [-0.2, -0.15) is 0 Å². The zero-order valence-electron chi connectivity index (χ0n) is 7.09. The summed E-state index contributed by atoms with van der Waals surface area (Å²) in [5, 5.41) is 0. The number of hydrogen-bond acceptors (Lipinski definition) is 2. The topological polar surface area (TPSA) is 30.0 Å². The van der Waals surface area contributed by atoms with Crippen LogP contribution < -0.4 is 0 Å². The van der Waals surface area contributed by atoms with E-state index in [9.17, 15) is 4.79 Å². The van der Waals surface area contributed by atoms with Crippen LogP contribution in [0.5, 0.6) is 0 Å². The first-order chi connectivity index (χ1) is 6.20. The number of fused-ring (bicyclic) bond motifs is 1. The van der Waals surface area contributed by atoms with Gasteiger partial charge in [0.1, 0.15) is 0 Å². The molecule has 0 saturated carbocycles. The van der Waals surface area contributed by atoms with Crippen molar-refractivity contribution >= 4 is 21.7 Å². The molecular weight excluding hydrogens is 230 g/mol. The molecule has 1 heterocycles. The van der Waals surface area contributed by atoms with Crippen LogP contribution in [0, 0.1) is 12.8 Å². The maximum atomic E-state index is 11.6. The van der Waals surface area contributed by atoms with Gasteiger partial charge in [-0.25, -0.2) is 0 Å². The number of halogens is 1. The molecule has 0 aliphatic heterocycles. The largest absolute Gasteiger partial charge is 0.294 e. The molecule has 2 nitrogen and oxygen atoms in total. The number of carbonyl (C=O) groups is 1. The molecule has 0 N–H and O–H groups in total. The molecule has 67 valence electrons. The van der Waals surface area contributed by atoms with Crippen LogP contribution >= 0.6 is 15.9 Å². The Bertz CT molecular complexity index is 362. The molecule has 1 unspecified atom stereocenters. The van der Waals surface area contributed by atoms with Crippen molar-refractivity contribution in [3.05, 3.63) is 34.9 Å². The molecule has 1 radical (unpaired) electrons. The Hall–Kier alpha value is -0.700. The molecule has 1 atom stereocenters. The quantitative estimate of drug-likeness (QED) is 0.695. The second-order valence-electron chi connectivity index (χ2n) is 3.25. The Morgan fingerprint density at radius 3 is 3.08 bits per heavy atom. The minimum absolute atomic E-state index is 0.0939. The second-order valence-corrected chi connectivity index (χ2v) is 4.10. The highest BCUT2D eigenvalue weighted by molar-refractivity contribution is 9.10. The van der Waals surface area contributed by atoms with Gasteiger partial charge in [0.15, 0.2) is 5.78 Å². The third kappa shape index (κ3) is 1.41. The van der Waals surface area contributed by atoms with Gasteiger partial charge in [0.05, 0.1) is 0 Å². The molecule has 0 aromatic carbocycles. The van der Waals surface area contributed by atoms with Crippen molar-refractivity contribution in [2.75, 3.05) is 0 Å². The van der Waals surface area contributed by atoms with Gasteiger partial charge in [0, 0.05) is 28.3 Å². The molecule has 2 rings (SSSR count). The molecule has 3 heteroatoms. The summed E-state index contributed by atoms with van der Waals surface area (Å²) >= 11 is 3.39. The van der Waals surface area contributed by atoms with Crippen molar-refractivity contribution in [3.63, 3.8) is 0 Å². The van der Waals surface area contributed by atoms with E-state index in [1.165, 1.54) is 0 Å². The average molecular weight is 239 g/mol. The van der Waals surface area contributed by atoms with E-state index in [2.05, 4.69) is 27.8 Å². The van der Waals surface area contributed by atoms with Gasteiger partial charge in [-0.3, -0.25) is 9.78 Å². The van der Waals surface area contributed by atoms with E-state index < -0.39 is 0 Å². The summed E-state index contributed by atoms with van der Waals surface area (Å²) in [4.78, 5) is 15.6. The standard InChI is InChI=1S/C10H9BrNO/c1-6-2-3-7-8(10(6)13)4-12-5-9(7)11/h4-6H,1-3H2. The number of hydrogen-bond donors (Lipinski definition) is 0. The minimum atomic E-state index is -0.0939. The lowest BCUT2D eigenvalue weighted by molar-refractivity contribution is 0.0928. The Labute approximate surface area is 85.5 Å². The van der Waals surface area contributed by atoms with Crippen molar-refractivity contribution in [2.24, 2.45) is 5.92 Å². The van der Waals surface area contributed by atoms with Crippen molar-refractivity contribution in [3.8, 4) is 0 Å². The number of Topliss-reactive ketones (excluding diaryl/α,β-unsaturated/α-hetero) is 1. The fourth-order valence-corrected chi connectivity index (χ4v) is 2.13. The van der Waals surface area contributed by atoms with E-state index in [-0.39, 0.29) is 11.7 Å². The highest BCUT2D eigenvalue weighted by Gasteiger charge is 2.25. The molecule has 1 aromatic heterocycles. The van der Waals surface area contributed by atoms with E-state index in [1.54, 1.807) is 12.4 Å². The van der Waals surface area contributed by atoms with Crippen LogP contribution in [0.4, 0.5) is 0 Å². The summed E-state index contributed by atoms with van der Waals surface area (Å²) in [6.07, 6.45) is 5.13. The first-order valence-corrected chi connectivity index (χ1v) is 4.99. The average Bonchev–Trinajstić information content (AvgIpc) is 2.12.